The van der Waals surface area contributed by atoms with E-state index in [2.05, 4.69) is 9.97 Å². The van der Waals surface area contributed by atoms with Gasteiger partial charge in [0.15, 0.2) is 5.65 Å². The first-order chi connectivity index (χ1) is 8.85. The number of aromatic nitrogens is 2. The summed E-state index contributed by atoms with van der Waals surface area (Å²) in [7, 11) is 0. The van der Waals surface area contributed by atoms with Crippen LogP contribution in [-0.2, 0) is 5.88 Å². The smallest absolute Gasteiger partial charge is 0.281 e. The number of benzene rings is 1. The number of fused-ring (bicyclic) bond motifs is 1. The minimum Gasteiger partial charge on any atom is -0.431 e. The first-order valence-electron chi connectivity index (χ1n) is 5.39. The van der Waals surface area contributed by atoms with Crippen LogP contribution >= 0.6 is 22.9 Å². The van der Waals surface area contributed by atoms with Gasteiger partial charge in [-0.2, -0.15) is 4.98 Å². The van der Waals surface area contributed by atoms with Gasteiger partial charge in [0.2, 0.25) is 0 Å². The summed E-state index contributed by atoms with van der Waals surface area (Å²) in [6.45, 7) is 0. The highest BCUT2D eigenvalue weighted by Gasteiger charge is 2.06. The molecular weight excluding hydrogens is 268 g/mol. The van der Waals surface area contributed by atoms with Crippen LogP contribution in [0.3, 0.4) is 0 Å². The lowest BCUT2D eigenvalue weighted by atomic mass is 10.2. The van der Waals surface area contributed by atoms with Crippen molar-refractivity contribution in [2.45, 2.75) is 5.88 Å². The topological polar surface area (TPSA) is 35.0 Å². The first-order valence-corrected chi connectivity index (χ1v) is 6.74. The Morgan fingerprint density at radius 1 is 1.17 bits per heavy atom. The van der Waals surface area contributed by atoms with E-state index in [4.69, 9.17) is 16.3 Å². The summed E-state index contributed by atoms with van der Waals surface area (Å²) in [5.41, 5.74) is 1.78. The average molecular weight is 277 g/mol. The predicted octanol–water partition coefficient (Wildman–Crippen LogP) is 4.22. The number of nitrogens with zero attached hydrogens (tertiary/aromatic N) is 2. The molecule has 3 aromatic rings. The normalized spacial score (nSPS) is 10.7. The highest BCUT2D eigenvalue weighted by molar-refractivity contribution is 7.20. The standard InChI is InChI=1S/C13H9ClN2OS/c14-8-9-3-5-10(6-4-9)17-13-16-12-11(18-13)2-1-7-15-12/h1-7H,8H2. The summed E-state index contributed by atoms with van der Waals surface area (Å²) in [6.07, 6.45) is 1.72. The molecule has 5 heteroatoms. The quantitative estimate of drug-likeness (QED) is 0.672. The third-order valence-electron chi connectivity index (χ3n) is 2.43. The molecule has 3 rings (SSSR count). The zero-order valence-corrected chi connectivity index (χ0v) is 10.9. The van der Waals surface area contributed by atoms with Crippen LogP contribution in [0, 0.1) is 0 Å². The van der Waals surface area contributed by atoms with E-state index in [-0.39, 0.29) is 0 Å². The van der Waals surface area contributed by atoms with Crippen molar-refractivity contribution in [1.82, 2.24) is 9.97 Å². The van der Waals surface area contributed by atoms with Crippen LogP contribution in [0.2, 0.25) is 0 Å². The Bertz CT molecular complexity index is 633. The van der Waals surface area contributed by atoms with Gasteiger partial charge in [0.25, 0.3) is 5.19 Å². The molecule has 0 saturated heterocycles. The lowest BCUT2D eigenvalue weighted by Crippen LogP contribution is -1.84. The number of pyridine rings is 1. The minimum absolute atomic E-state index is 0.505. The summed E-state index contributed by atoms with van der Waals surface area (Å²) < 4.78 is 6.71. The van der Waals surface area contributed by atoms with Crippen molar-refractivity contribution >= 4 is 33.3 Å². The van der Waals surface area contributed by atoms with Crippen molar-refractivity contribution in [3.63, 3.8) is 0 Å². The fraction of sp³-hybridized carbons (Fsp3) is 0.0769. The van der Waals surface area contributed by atoms with Crippen LogP contribution in [0.15, 0.2) is 42.6 Å². The van der Waals surface area contributed by atoms with E-state index in [1.807, 2.05) is 36.4 Å². The van der Waals surface area contributed by atoms with E-state index in [9.17, 15) is 0 Å². The largest absolute Gasteiger partial charge is 0.431 e. The molecule has 0 atom stereocenters. The molecule has 0 aliphatic carbocycles. The molecule has 3 nitrogen and oxygen atoms in total. The van der Waals surface area contributed by atoms with Gasteiger partial charge in [-0.3, -0.25) is 0 Å². The Labute approximate surface area is 113 Å². The number of hydrogen-bond acceptors (Lipinski definition) is 4. The Kier molecular flexibility index (Phi) is 3.13. The number of rotatable bonds is 3. The first kappa shape index (κ1) is 11.4. The molecule has 2 heterocycles. The summed E-state index contributed by atoms with van der Waals surface area (Å²) in [6, 6.07) is 11.5. The molecule has 2 aromatic heterocycles. The molecule has 0 unspecified atom stereocenters. The Hall–Kier alpha value is -1.65. The van der Waals surface area contributed by atoms with Crippen LogP contribution in [0.25, 0.3) is 10.3 Å². The predicted molar refractivity (Wildman–Crippen MR) is 73.5 cm³/mol. The average Bonchev–Trinajstić information content (AvgIpc) is 2.82. The molecule has 0 fully saturated rings. The molecule has 0 amide bonds. The second-order valence-electron chi connectivity index (χ2n) is 3.68. The van der Waals surface area contributed by atoms with E-state index < -0.39 is 0 Å². The van der Waals surface area contributed by atoms with Gasteiger partial charge in [0.1, 0.15) is 5.75 Å². The van der Waals surface area contributed by atoms with Crippen LogP contribution in [0.1, 0.15) is 5.56 Å². The maximum absolute atomic E-state index is 5.73. The monoisotopic (exact) mass is 276 g/mol. The molecule has 90 valence electrons. The van der Waals surface area contributed by atoms with Gasteiger partial charge >= 0.3 is 0 Å². The molecule has 0 saturated carbocycles. The molecule has 1 aromatic carbocycles. The molecular formula is C13H9ClN2OS. The van der Waals surface area contributed by atoms with Crippen LogP contribution in [0.4, 0.5) is 0 Å². The number of ether oxygens (including phenoxy) is 1. The lowest BCUT2D eigenvalue weighted by Gasteiger charge is -2.01. The van der Waals surface area contributed by atoms with E-state index in [0.717, 1.165) is 21.7 Å². The summed E-state index contributed by atoms with van der Waals surface area (Å²) in [5, 5.41) is 0.599. The zero-order chi connectivity index (χ0) is 12.4. The number of halogens is 1. The third kappa shape index (κ3) is 2.30. The van der Waals surface area contributed by atoms with E-state index >= 15 is 0 Å². The number of alkyl halides is 1. The minimum atomic E-state index is 0.505. The van der Waals surface area contributed by atoms with Crippen molar-refractivity contribution < 1.29 is 4.74 Å². The molecule has 0 aliphatic rings. The van der Waals surface area contributed by atoms with Crippen LogP contribution in [0.5, 0.6) is 10.9 Å². The van der Waals surface area contributed by atoms with Gasteiger partial charge in [-0.1, -0.05) is 23.5 Å². The summed E-state index contributed by atoms with van der Waals surface area (Å²) >= 11 is 7.21. The second-order valence-corrected chi connectivity index (χ2v) is 4.95. The Balaban J connectivity index is 1.86. The van der Waals surface area contributed by atoms with Crippen molar-refractivity contribution in [2.75, 3.05) is 0 Å². The van der Waals surface area contributed by atoms with Gasteiger partial charge in [-0.05, 0) is 29.8 Å². The Morgan fingerprint density at radius 3 is 2.72 bits per heavy atom. The molecule has 0 N–H and O–H groups in total. The van der Waals surface area contributed by atoms with E-state index in [1.54, 1.807) is 6.20 Å². The van der Waals surface area contributed by atoms with Gasteiger partial charge in [0, 0.05) is 12.1 Å². The molecule has 0 spiro atoms. The highest BCUT2D eigenvalue weighted by Crippen LogP contribution is 2.30. The molecule has 18 heavy (non-hydrogen) atoms. The second kappa shape index (κ2) is 4.92. The van der Waals surface area contributed by atoms with Crippen molar-refractivity contribution in [3.05, 3.63) is 48.2 Å². The Morgan fingerprint density at radius 2 is 2.00 bits per heavy atom. The maximum Gasteiger partial charge on any atom is 0.281 e. The van der Waals surface area contributed by atoms with Gasteiger partial charge in [-0.15, -0.1) is 11.6 Å². The van der Waals surface area contributed by atoms with Crippen molar-refractivity contribution in [1.29, 1.82) is 0 Å². The van der Waals surface area contributed by atoms with Crippen LogP contribution < -0.4 is 4.74 Å². The van der Waals surface area contributed by atoms with E-state index in [1.165, 1.54) is 11.3 Å². The SMILES string of the molecule is ClCc1ccc(Oc2nc3ncccc3s2)cc1. The summed E-state index contributed by atoms with van der Waals surface area (Å²) in [4.78, 5) is 8.48. The third-order valence-corrected chi connectivity index (χ3v) is 3.62. The fourth-order valence-corrected chi connectivity index (χ4v) is 2.51. The number of hydrogen-bond donors (Lipinski definition) is 0. The fourth-order valence-electron chi connectivity index (χ4n) is 1.54. The zero-order valence-electron chi connectivity index (χ0n) is 9.34. The molecule has 0 radical (unpaired) electrons. The maximum atomic E-state index is 5.73. The van der Waals surface area contributed by atoms with Crippen molar-refractivity contribution in [3.8, 4) is 10.9 Å². The van der Waals surface area contributed by atoms with Gasteiger partial charge in [-0.25, -0.2) is 4.98 Å². The summed E-state index contributed by atoms with van der Waals surface area (Å²) in [5.74, 6) is 1.26. The van der Waals surface area contributed by atoms with Gasteiger partial charge in [0.05, 0.1) is 4.70 Å². The highest BCUT2D eigenvalue weighted by atomic mass is 35.5. The lowest BCUT2D eigenvalue weighted by molar-refractivity contribution is 0.480. The van der Waals surface area contributed by atoms with E-state index in [0.29, 0.717) is 11.1 Å². The van der Waals surface area contributed by atoms with Crippen molar-refractivity contribution in [2.24, 2.45) is 0 Å². The van der Waals surface area contributed by atoms with Gasteiger partial charge < -0.3 is 4.74 Å². The molecule has 0 bridgehead atoms. The molecule has 0 aliphatic heterocycles. The van der Waals surface area contributed by atoms with Crippen LogP contribution in [-0.4, -0.2) is 9.97 Å². The number of thiazole rings is 1.